The number of nitrogens with zero attached hydrogens (tertiary/aromatic N) is 2. The summed E-state index contributed by atoms with van der Waals surface area (Å²) in [7, 11) is -1.93. The third-order valence-corrected chi connectivity index (χ3v) is 7.00. The largest absolute Gasteiger partial charge is 0.492 e. The van der Waals surface area contributed by atoms with Crippen LogP contribution in [0.1, 0.15) is 29.8 Å². The molecule has 3 rings (SSSR count). The Hall–Kier alpha value is -2.42. The molecule has 0 aliphatic carbocycles. The second-order valence-corrected chi connectivity index (χ2v) is 9.93. The Bertz CT molecular complexity index is 997. The van der Waals surface area contributed by atoms with Crippen molar-refractivity contribution in [2.45, 2.75) is 37.9 Å². The van der Waals surface area contributed by atoms with Gasteiger partial charge in [0.15, 0.2) is 0 Å². The number of rotatable bonds is 7. The predicted octanol–water partition coefficient (Wildman–Crippen LogP) is 2.94. The molecule has 1 heterocycles. The molecule has 1 aliphatic heterocycles. The number of hydrogen-bond acceptors (Lipinski definition) is 5. The lowest BCUT2D eigenvalue weighted by Crippen LogP contribution is -2.48. The Morgan fingerprint density at radius 2 is 1.77 bits per heavy atom. The van der Waals surface area contributed by atoms with Crippen LogP contribution in [0.5, 0.6) is 5.75 Å². The van der Waals surface area contributed by atoms with E-state index in [2.05, 4.69) is 0 Å². The summed E-state index contributed by atoms with van der Waals surface area (Å²) in [5.41, 5.74) is 1.54. The SMILES string of the molecule is Cc1cccc(OCCN(C)C(=O)c2ccc(S(=O)(=O)N3CC(C)OC(C)C3)cc2)c1. The average molecular weight is 447 g/mol. The van der Waals surface area contributed by atoms with Gasteiger partial charge in [0.1, 0.15) is 12.4 Å². The van der Waals surface area contributed by atoms with E-state index in [1.165, 1.54) is 16.4 Å². The number of ether oxygens (including phenoxy) is 2. The van der Waals surface area contributed by atoms with Gasteiger partial charge in [-0.15, -0.1) is 0 Å². The van der Waals surface area contributed by atoms with Crippen LogP contribution in [0, 0.1) is 6.92 Å². The molecule has 1 aliphatic rings. The van der Waals surface area contributed by atoms with E-state index in [0.29, 0.717) is 31.8 Å². The summed E-state index contributed by atoms with van der Waals surface area (Å²) >= 11 is 0. The molecule has 1 saturated heterocycles. The Balaban J connectivity index is 1.60. The van der Waals surface area contributed by atoms with Gasteiger partial charge >= 0.3 is 0 Å². The number of benzene rings is 2. The molecule has 2 atom stereocenters. The number of aryl methyl sites for hydroxylation is 1. The van der Waals surface area contributed by atoms with E-state index < -0.39 is 10.0 Å². The van der Waals surface area contributed by atoms with Crippen LogP contribution in [0.15, 0.2) is 53.4 Å². The molecule has 2 unspecified atom stereocenters. The minimum Gasteiger partial charge on any atom is -0.492 e. The normalized spacial score (nSPS) is 19.7. The van der Waals surface area contributed by atoms with Crippen LogP contribution in [0.3, 0.4) is 0 Å². The highest BCUT2D eigenvalue weighted by Gasteiger charge is 2.32. The Morgan fingerprint density at radius 3 is 2.39 bits per heavy atom. The highest BCUT2D eigenvalue weighted by molar-refractivity contribution is 7.89. The van der Waals surface area contributed by atoms with Crippen molar-refractivity contribution in [3.63, 3.8) is 0 Å². The molecule has 0 radical (unpaired) electrons. The zero-order valence-electron chi connectivity index (χ0n) is 18.4. The molecular formula is C23H30N2O5S. The molecule has 0 saturated carbocycles. The highest BCUT2D eigenvalue weighted by Crippen LogP contribution is 2.22. The van der Waals surface area contributed by atoms with Crippen molar-refractivity contribution in [3.05, 3.63) is 59.7 Å². The van der Waals surface area contributed by atoms with Crippen LogP contribution >= 0.6 is 0 Å². The molecule has 7 nitrogen and oxygen atoms in total. The van der Waals surface area contributed by atoms with Crippen LogP contribution in [0.2, 0.25) is 0 Å². The van der Waals surface area contributed by atoms with Crippen LogP contribution in [-0.4, -0.2) is 69.0 Å². The van der Waals surface area contributed by atoms with Crippen molar-refractivity contribution in [2.75, 3.05) is 33.3 Å². The average Bonchev–Trinajstić information content (AvgIpc) is 2.72. The van der Waals surface area contributed by atoms with Gasteiger partial charge in [-0.05, 0) is 62.7 Å². The van der Waals surface area contributed by atoms with Gasteiger partial charge in [-0.3, -0.25) is 4.79 Å². The molecule has 168 valence electrons. The van der Waals surface area contributed by atoms with E-state index in [4.69, 9.17) is 9.47 Å². The third-order valence-electron chi connectivity index (χ3n) is 5.16. The Labute approximate surface area is 184 Å². The van der Waals surface area contributed by atoms with Crippen molar-refractivity contribution in [1.29, 1.82) is 0 Å². The number of sulfonamides is 1. The van der Waals surface area contributed by atoms with Gasteiger partial charge in [0.2, 0.25) is 10.0 Å². The van der Waals surface area contributed by atoms with Crippen LogP contribution in [0.25, 0.3) is 0 Å². The lowest BCUT2D eigenvalue weighted by Gasteiger charge is -2.34. The second-order valence-electron chi connectivity index (χ2n) is 8.00. The predicted molar refractivity (Wildman–Crippen MR) is 119 cm³/mol. The molecule has 1 amide bonds. The summed E-state index contributed by atoms with van der Waals surface area (Å²) in [4.78, 5) is 14.4. The van der Waals surface area contributed by atoms with Crippen molar-refractivity contribution >= 4 is 15.9 Å². The van der Waals surface area contributed by atoms with E-state index in [-0.39, 0.29) is 23.0 Å². The lowest BCUT2D eigenvalue weighted by atomic mass is 10.2. The summed E-state index contributed by atoms with van der Waals surface area (Å²) in [6, 6.07) is 13.8. The third kappa shape index (κ3) is 5.84. The fraction of sp³-hybridized carbons (Fsp3) is 0.435. The fourth-order valence-electron chi connectivity index (χ4n) is 3.57. The number of carbonyl (C=O) groups excluding carboxylic acids is 1. The summed E-state index contributed by atoms with van der Waals surface area (Å²) in [5.74, 6) is 0.576. The standard InChI is InChI=1S/C23H30N2O5S/c1-17-6-5-7-21(14-17)29-13-12-24(4)23(26)20-8-10-22(11-9-20)31(27,28)25-15-18(2)30-19(3)16-25/h5-11,14,18-19H,12-13,15-16H2,1-4H3. The molecule has 0 N–H and O–H groups in total. The first-order chi connectivity index (χ1) is 14.7. The maximum atomic E-state index is 13.0. The van der Waals surface area contributed by atoms with E-state index in [9.17, 15) is 13.2 Å². The van der Waals surface area contributed by atoms with Gasteiger partial charge in [0.25, 0.3) is 5.91 Å². The molecule has 2 aromatic rings. The monoisotopic (exact) mass is 446 g/mol. The van der Waals surface area contributed by atoms with Crippen LogP contribution in [0.4, 0.5) is 0 Å². The van der Waals surface area contributed by atoms with Crippen molar-refractivity contribution in [2.24, 2.45) is 0 Å². The topological polar surface area (TPSA) is 76.2 Å². The summed E-state index contributed by atoms with van der Waals surface area (Å²) in [6.45, 7) is 7.12. The molecule has 0 spiro atoms. The molecule has 0 bridgehead atoms. The van der Waals surface area contributed by atoms with E-state index in [1.54, 1.807) is 24.1 Å². The smallest absolute Gasteiger partial charge is 0.253 e. The quantitative estimate of drug-likeness (QED) is 0.654. The first-order valence-electron chi connectivity index (χ1n) is 10.4. The van der Waals surface area contributed by atoms with Crippen molar-refractivity contribution < 1.29 is 22.7 Å². The highest BCUT2D eigenvalue weighted by atomic mass is 32.2. The first-order valence-corrected chi connectivity index (χ1v) is 11.8. The van der Waals surface area contributed by atoms with Crippen LogP contribution < -0.4 is 4.74 Å². The van der Waals surface area contributed by atoms with Crippen molar-refractivity contribution in [3.8, 4) is 5.75 Å². The van der Waals surface area contributed by atoms with Gasteiger partial charge in [0.05, 0.1) is 23.6 Å². The van der Waals surface area contributed by atoms with Gasteiger partial charge in [-0.25, -0.2) is 8.42 Å². The van der Waals surface area contributed by atoms with E-state index in [1.807, 2.05) is 45.0 Å². The zero-order chi connectivity index (χ0) is 22.6. The maximum absolute atomic E-state index is 13.0. The Kier molecular flexibility index (Phi) is 7.35. The van der Waals surface area contributed by atoms with Gasteiger partial charge < -0.3 is 14.4 Å². The van der Waals surface area contributed by atoms with E-state index >= 15 is 0 Å². The van der Waals surface area contributed by atoms with E-state index in [0.717, 1.165) is 11.3 Å². The van der Waals surface area contributed by atoms with Crippen LogP contribution in [-0.2, 0) is 14.8 Å². The zero-order valence-corrected chi connectivity index (χ0v) is 19.3. The van der Waals surface area contributed by atoms with Gasteiger partial charge in [0, 0.05) is 25.7 Å². The molecule has 8 heteroatoms. The van der Waals surface area contributed by atoms with Gasteiger partial charge in [-0.1, -0.05) is 12.1 Å². The number of morpholine rings is 1. The minimum absolute atomic E-state index is 0.157. The molecule has 31 heavy (non-hydrogen) atoms. The summed E-state index contributed by atoms with van der Waals surface area (Å²) in [5, 5.41) is 0. The Morgan fingerprint density at radius 1 is 1.13 bits per heavy atom. The number of hydrogen-bond donors (Lipinski definition) is 0. The molecule has 0 aromatic heterocycles. The minimum atomic E-state index is -3.63. The second kappa shape index (κ2) is 9.80. The molecule has 1 fully saturated rings. The van der Waals surface area contributed by atoms with Gasteiger partial charge in [-0.2, -0.15) is 4.31 Å². The summed E-state index contributed by atoms with van der Waals surface area (Å²) < 4.78 is 38.7. The molecular weight excluding hydrogens is 416 g/mol. The lowest BCUT2D eigenvalue weighted by molar-refractivity contribution is -0.0440. The van der Waals surface area contributed by atoms with Crippen molar-refractivity contribution in [1.82, 2.24) is 9.21 Å². The number of carbonyl (C=O) groups is 1. The molecule has 2 aromatic carbocycles. The number of amides is 1. The maximum Gasteiger partial charge on any atom is 0.253 e. The summed E-state index contributed by atoms with van der Waals surface area (Å²) in [6.07, 6.45) is -0.315. The number of likely N-dealkylation sites (N-methyl/N-ethyl adjacent to an activating group) is 1. The first kappa shape index (κ1) is 23.2. The fourth-order valence-corrected chi connectivity index (χ4v) is 5.16.